The van der Waals surface area contributed by atoms with Crippen LogP contribution in [0.1, 0.15) is 34.6 Å². The number of ketones is 1. The zero-order valence-corrected chi connectivity index (χ0v) is 12.8. The van der Waals surface area contributed by atoms with Gasteiger partial charge in [0.15, 0.2) is 0 Å². The zero-order chi connectivity index (χ0) is 14.3. The molecule has 0 heterocycles. The first-order chi connectivity index (χ1) is 8.27. The summed E-state index contributed by atoms with van der Waals surface area (Å²) in [4.78, 5) is 11.6. The molecule has 0 amide bonds. The first kappa shape index (κ1) is 17.8. The largest absolute Gasteiger partial charge is 0.392 e. The average molecular weight is 280 g/mol. The predicted molar refractivity (Wildman–Crippen MR) is 70.7 cm³/mol. The maximum atomic E-state index is 12.3. The smallest absolute Gasteiger partial charge is 0.331 e. The number of hydrogen-bond acceptors (Lipinski definition) is 5. The zero-order valence-electron chi connectivity index (χ0n) is 11.9. The van der Waals surface area contributed by atoms with Crippen LogP contribution in [0.4, 0.5) is 0 Å². The van der Waals surface area contributed by atoms with Crippen LogP contribution in [0.2, 0.25) is 0 Å². The van der Waals surface area contributed by atoms with E-state index in [1.807, 2.05) is 13.8 Å². The third kappa shape index (κ3) is 5.61. The molecular formula is C12H25O5P. The van der Waals surface area contributed by atoms with Crippen LogP contribution in [0, 0.1) is 11.8 Å². The lowest BCUT2D eigenvalue weighted by Crippen LogP contribution is -2.34. The van der Waals surface area contributed by atoms with Crippen LogP contribution < -0.4 is 0 Å². The third-order valence-electron chi connectivity index (χ3n) is 2.69. The molecule has 0 aromatic heterocycles. The maximum absolute atomic E-state index is 12.3. The van der Waals surface area contributed by atoms with Crippen LogP contribution in [0.15, 0.2) is 0 Å². The monoisotopic (exact) mass is 280 g/mol. The summed E-state index contributed by atoms with van der Waals surface area (Å²) in [7, 11) is -3.30. The topological polar surface area (TPSA) is 72.8 Å². The van der Waals surface area contributed by atoms with Crippen molar-refractivity contribution in [1.82, 2.24) is 0 Å². The number of carbonyl (C=O) groups excluding carboxylic acids is 1. The quantitative estimate of drug-likeness (QED) is 0.657. The van der Waals surface area contributed by atoms with Crippen molar-refractivity contribution in [1.29, 1.82) is 0 Å². The summed E-state index contributed by atoms with van der Waals surface area (Å²) in [6, 6.07) is 0. The second-order valence-electron chi connectivity index (χ2n) is 4.58. The molecular weight excluding hydrogens is 255 g/mol. The lowest BCUT2D eigenvalue weighted by atomic mass is 9.92. The summed E-state index contributed by atoms with van der Waals surface area (Å²) < 4.78 is 22.6. The van der Waals surface area contributed by atoms with E-state index in [4.69, 9.17) is 9.05 Å². The van der Waals surface area contributed by atoms with Gasteiger partial charge in [-0.05, 0) is 26.7 Å². The molecule has 5 nitrogen and oxygen atoms in total. The summed E-state index contributed by atoms with van der Waals surface area (Å²) in [6.07, 6.45) is -0.902. The van der Waals surface area contributed by atoms with E-state index in [1.54, 1.807) is 13.8 Å². The summed E-state index contributed by atoms with van der Waals surface area (Å²) in [6.45, 7) is 8.94. The Morgan fingerprint density at radius 3 is 1.94 bits per heavy atom. The van der Waals surface area contributed by atoms with E-state index in [0.717, 1.165) is 0 Å². The average Bonchev–Trinajstić information content (AvgIpc) is 2.25. The van der Waals surface area contributed by atoms with Gasteiger partial charge in [0.05, 0.1) is 31.4 Å². The van der Waals surface area contributed by atoms with E-state index in [9.17, 15) is 14.5 Å². The number of Topliss-reactive ketones (excluding diaryl/α,β-unsaturated/α-hetero) is 1. The molecule has 0 aromatic rings. The van der Waals surface area contributed by atoms with Crippen molar-refractivity contribution in [2.75, 3.05) is 19.4 Å². The fourth-order valence-electron chi connectivity index (χ4n) is 1.72. The number of aliphatic hydroxyl groups is 1. The van der Waals surface area contributed by atoms with Gasteiger partial charge in [-0.2, -0.15) is 0 Å². The van der Waals surface area contributed by atoms with Crippen LogP contribution in [-0.4, -0.2) is 36.4 Å². The summed E-state index contributed by atoms with van der Waals surface area (Å²) >= 11 is 0. The number of hydrogen-bond donors (Lipinski definition) is 1. The van der Waals surface area contributed by atoms with Crippen LogP contribution in [0.3, 0.4) is 0 Å². The molecule has 18 heavy (non-hydrogen) atoms. The Morgan fingerprint density at radius 2 is 1.67 bits per heavy atom. The predicted octanol–water partition coefficient (Wildman–Crippen LogP) is 2.47. The third-order valence-corrected chi connectivity index (χ3v) is 4.83. The van der Waals surface area contributed by atoms with Crippen LogP contribution >= 0.6 is 7.60 Å². The minimum atomic E-state index is -3.30. The fraction of sp³-hybridized carbons (Fsp3) is 0.917. The van der Waals surface area contributed by atoms with Crippen molar-refractivity contribution in [3.63, 3.8) is 0 Å². The van der Waals surface area contributed by atoms with Gasteiger partial charge < -0.3 is 14.2 Å². The van der Waals surface area contributed by atoms with Gasteiger partial charge in [-0.25, -0.2) is 0 Å². The van der Waals surface area contributed by atoms with Gasteiger partial charge in [0.2, 0.25) is 0 Å². The van der Waals surface area contributed by atoms with E-state index in [-0.39, 0.29) is 31.1 Å². The van der Waals surface area contributed by atoms with Gasteiger partial charge in [0.25, 0.3) is 0 Å². The molecule has 0 bridgehead atoms. The van der Waals surface area contributed by atoms with Crippen molar-refractivity contribution >= 4 is 13.4 Å². The number of carbonyl (C=O) groups is 1. The maximum Gasteiger partial charge on any atom is 0.331 e. The van der Waals surface area contributed by atoms with Gasteiger partial charge in [0, 0.05) is 0 Å². The standard InChI is InChI=1S/C12H25O5P/c1-6-16-18(15,17-7-2)8-11(10(5)13)12(14)9(3)4/h9,11-12,14H,6-8H2,1-5H3/t11-,12+/m0/s1. The van der Waals surface area contributed by atoms with Crippen LogP contribution in [-0.2, 0) is 18.4 Å². The molecule has 0 aromatic carbocycles. The molecule has 0 aliphatic carbocycles. The Bertz CT molecular complexity index is 293. The lowest BCUT2D eigenvalue weighted by Gasteiger charge is -2.27. The molecule has 0 saturated carbocycles. The highest BCUT2D eigenvalue weighted by Gasteiger charge is 2.35. The van der Waals surface area contributed by atoms with Crippen LogP contribution in [0.25, 0.3) is 0 Å². The molecule has 0 aliphatic heterocycles. The molecule has 0 aliphatic rings. The number of rotatable bonds is 9. The fourth-order valence-corrected chi connectivity index (χ4v) is 3.75. The Hall–Kier alpha value is -0.220. The molecule has 1 N–H and O–H groups in total. The second-order valence-corrected chi connectivity index (χ2v) is 6.68. The molecule has 108 valence electrons. The highest BCUT2D eigenvalue weighted by molar-refractivity contribution is 7.53. The number of aliphatic hydroxyl groups excluding tert-OH is 1. The molecule has 2 atom stereocenters. The van der Waals surface area contributed by atoms with Crippen LogP contribution in [0.5, 0.6) is 0 Å². The summed E-state index contributed by atoms with van der Waals surface area (Å²) in [5.41, 5.74) is 0. The van der Waals surface area contributed by atoms with Gasteiger partial charge in [0.1, 0.15) is 5.78 Å². The lowest BCUT2D eigenvalue weighted by molar-refractivity contribution is -0.124. The minimum Gasteiger partial charge on any atom is -0.392 e. The molecule has 0 spiro atoms. The van der Waals surface area contributed by atoms with Crippen molar-refractivity contribution < 1.29 is 23.5 Å². The molecule has 6 heteroatoms. The first-order valence-electron chi connectivity index (χ1n) is 6.34. The normalized spacial score (nSPS) is 15.7. The van der Waals surface area contributed by atoms with Crippen molar-refractivity contribution in [2.45, 2.75) is 40.7 Å². The highest BCUT2D eigenvalue weighted by Crippen LogP contribution is 2.50. The van der Waals surface area contributed by atoms with Gasteiger partial charge >= 0.3 is 7.60 Å². The summed E-state index contributed by atoms with van der Waals surface area (Å²) in [5, 5.41) is 10.0. The highest BCUT2D eigenvalue weighted by atomic mass is 31.2. The van der Waals surface area contributed by atoms with E-state index < -0.39 is 19.6 Å². The SMILES string of the molecule is CCOP(=O)(C[C@@H](C(C)=O)[C@H](O)C(C)C)OCC. The van der Waals surface area contributed by atoms with E-state index in [0.29, 0.717) is 0 Å². The molecule has 0 unspecified atom stereocenters. The molecule has 0 fully saturated rings. The van der Waals surface area contributed by atoms with Gasteiger partial charge in [-0.1, -0.05) is 13.8 Å². The molecule has 0 rings (SSSR count). The van der Waals surface area contributed by atoms with Gasteiger partial charge in [-0.15, -0.1) is 0 Å². The van der Waals surface area contributed by atoms with Crippen molar-refractivity contribution in [3.05, 3.63) is 0 Å². The summed E-state index contributed by atoms with van der Waals surface area (Å²) in [5.74, 6) is -1.000. The van der Waals surface area contributed by atoms with E-state index >= 15 is 0 Å². The Kier molecular flexibility index (Phi) is 7.95. The van der Waals surface area contributed by atoms with Crippen molar-refractivity contribution in [2.24, 2.45) is 11.8 Å². The van der Waals surface area contributed by atoms with Crippen molar-refractivity contribution in [3.8, 4) is 0 Å². The Morgan fingerprint density at radius 1 is 1.22 bits per heavy atom. The first-order valence-corrected chi connectivity index (χ1v) is 8.06. The second kappa shape index (κ2) is 8.05. The Balaban J connectivity index is 4.93. The molecule has 0 radical (unpaired) electrons. The Labute approximate surface area is 109 Å². The minimum absolute atomic E-state index is 0.0661. The molecule has 0 saturated heterocycles. The van der Waals surface area contributed by atoms with Gasteiger partial charge in [-0.3, -0.25) is 9.36 Å². The van der Waals surface area contributed by atoms with E-state index in [2.05, 4.69) is 0 Å². The van der Waals surface area contributed by atoms with E-state index in [1.165, 1.54) is 6.92 Å².